The predicted molar refractivity (Wildman–Crippen MR) is 49.2 cm³/mol. The third-order valence-electron chi connectivity index (χ3n) is 2.54. The van der Waals surface area contributed by atoms with E-state index in [1.165, 1.54) is 5.56 Å². The van der Waals surface area contributed by atoms with Crippen molar-refractivity contribution in [2.24, 2.45) is 0 Å². The van der Waals surface area contributed by atoms with Crippen LogP contribution >= 0.6 is 0 Å². The van der Waals surface area contributed by atoms with Crippen molar-refractivity contribution in [2.45, 2.75) is 25.4 Å². The third-order valence-corrected chi connectivity index (χ3v) is 2.54. The lowest BCUT2D eigenvalue weighted by Crippen LogP contribution is -2.18. The maximum absolute atomic E-state index is 9.44. The van der Waals surface area contributed by atoms with Gasteiger partial charge in [-0.15, -0.1) is 0 Å². The van der Waals surface area contributed by atoms with Gasteiger partial charge < -0.3 is 5.11 Å². The molecule has 1 aliphatic rings. The van der Waals surface area contributed by atoms with E-state index in [0.29, 0.717) is 12.0 Å². The van der Waals surface area contributed by atoms with E-state index >= 15 is 0 Å². The molecule has 1 atom stereocenters. The maximum Gasteiger partial charge on any atom is 0.0991 e. The number of hydrogen-bond donors (Lipinski definition) is 1. The van der Waals surface area contributed by atoms with E-state index in [9.17, 15) is 5.11 Å². The van der Waals surface area contributed by atoms with E-state index in [1.807, 2.05) is 18.2 Å². The lowest BCUT2D eigenvalue weighted by molar-refractivity contribution is 0.158. The molecule has 0 unspecified atom stereocenters. The van der Waals surface area contributed by atoms with Gasteiger partial charge in [0.25, 0.3) is 0 Å². The molecule has 0 saturated heterocycles. The van der Waals surface area contributed by atoms with Gasteiger partial charge in [0.05, 0.1) is 17.7 Å². The van der Waals surface area contributed by atoms with Crippen LogP contribution in [0.2, 0.25) is 0 Å². The van der Waals surface area contributed by atoms with Crippen LogP contribution in [-0.4, -0.2) is 11.2 Å². The molecule has 1 aromatic carbocycles. The van der Waals surface area contributed by atoms with Gasteiger partial charge in [0, 0.05) is 0 Å². The van der Waals surface area contributed by atoms with Gasteiger partial charge in [0.2, 0.25) is 0 Å². The number of aliphatic hydroxyl groups excluding tert-OH is 1. The van der Waals surface area contributed by atoms with Gasteiger partial charge in [-0.2, -0.15) is 5.26 Å². The molecule has 0 radical (unpaired) electrons. The fourth-order valence-electron chi connectivity index (χ4n) is 1.81. The summed E-state index contributed by atoms with van der Waals surface area (Å²) < 4.78 is 0. The van der Waals surface area contributed by atoms with Crippen molar-refractivity contribution in [3.63, 3.8) is 0 Å². The number of rotatable bonds is 0. The van der Waals surface area contributed by atoms with Gasteiger partial charge in [-0.25, -0.2) is 0 Å². The number of benzene rings is 1. The Kier molecular flexibility index (Phi) is 2.03. The highest BCUT2D eigenvalue weighted by Gasteiger charge is 2.16. The number of aryl methyl sites for hydroxylation is 1. The molecule has 0 heterocycles. The second kappa shape index (κ2) is 3.20. The molecule has 13 heavy (non-hydrogen) atoms. The van der Waals surface area contributed by atoms with Crippen LogP contribution in [0.4, 0.5) is 0 Å². The van der Waals surface area contributed by atoms with E-state index in [-0.39, 0.29) is 6.10 Å². The molecule has 1 aliphatic carbocycles. The average Bonchev–Trinajstić information content (AvgIpc) is 2.16. The quantitative estimate of drug-likeness (QED) is 0.644. The number of nitriles is 1. The normalized spacial score (nSPS) is 20.5. The van der Waals surface area contributed by atoms with Gasteiger partial charge in [0.15, 0.2) is 0 Å². The van der Waals surface area contributed by atoms with E-state index in [2.05, 4.69) is 6.07 Å². The second-order valence-corrected chi connectivity index (χ2v) is 3.49. The van der Waals surface area contributed by atoms with Gasteiger partial charge in [-0.05, 0) is 42.5 Å². The van der Waals surface area contributed by atoms with Crippen molar-refractivity contribution in [3.8, 4) is 6.07 Å². The summed E-state index contributed by atoms with van der Waals surface area (Å²) in [5, 5.41) is 18.1. The Labute approximate surface area is 77.4 Å². The molecule has 1 aromatic rings. The number of hydrogen-bond acceptors (Lipinski definition) is 2. The maximum atomic E-state index is 9.44. The molecule has 0 amide bonds. The van der Waals surface area contributed by atoms with Crippen molar-refractivity contribution in [3.05, 3.63) is 34.9 Å². The van der Waals surface area contributed by atoms with Crippen LogP contribution in [0.25, 0.3) is 0 Å². The van der Waals surface area contributed by atoms with Crippen LogP contribution in [0.5, 0.6) is 0 Å². The summed E-state index contributed by atoms with van der Waals surface area (Å²) in [4.78, 5) is 0. The predicted octanol–water partition coefficient (Wildman–Crippen LogP) is 1.41. The second-order valence-electron chi connectivity index (χ2n) is 3.49. The average molecular weight is 173 g/mol. The van der Waals surface area contributed by atoms with Crippen molar-refractivity contribution in [1.82, 2.24) is 0 Å². The Morgan fingerprint density at radius 1 is 1.38 bits per heavy atom. The van der Waals surface area contributed by atoms with Crippen molar-refractivity contribution >= 4 is 0 Å². The minimum atomic E-state index is -0.221. The molecule has 0 saturated carbocycles. The minimum absolute atomic E-state index is 0.221. The first-order valence-corrected chi connectivity index (χ1v) is 4.49. The van der Waals surface area contributed by atoms with Crippen LogP contribution in [-0.2, 0) is 12.8 Å². The molecule has 1 N–H and O–H groups in total. The summed E-state index contributed by atoms with van der Waals surface area (Å²) in [6.45, 7) is 0. The van der Waals surface area contributed by atoms with E-state index in [0.717, 1.165) is 18.4 Å². The van der Waals surface area contributed by atoms with Crippen molar-refractivity contribution in [2.75, 3.05) is 0 Å². The van der Waals surface area contributed by atoms with E-state index < -0.39 is 0 Å². The fraction of sp³-hybridized carbons (Fsp3) is 0.364. The van der Waals surface area contributed by atoms with Crippen LogP contribution < -0.4 is 0 Å². The fourth-order valence-corrected chi connectivity index (χ4v) is 1.81. The lowest BCUT2D eigenvalue weighted by Gasteiger charge is -2.20. The lowest BCUT2D eigenvalue weighted by atomic mass is 9.89. The molecule has 0 spiro atoms. The van der Waals surface area contributed by atoms with E-state index in [1.54, 1.807) is 0 Å². The Balaban J connectivity index is 2.39. The molecule has 0 aromatic heterocycles. The summed E-state index contributed by atoms with van der Waals surface area (Å²) in [7, 11) is 0. The molecule has 0 aliphatic heterocycles. The first-order valence-electron chi connectivity index (χ1n) is 4.49. The summed E-state index contributed by atoms with van der Waals surface area (Å²) in [6.07, 6.45) is 2.26. The van der Waals surface area contributed by atoms with Crippen LogP contribution in [0.3, 0.4) is 0 Å². The Hall–Kier alpha value is -1.33. The zero-order chi connectivity index (χ0) is 9.26. The molecular formula is C11H11NO. The highest BCUT2D eigenvalue weighted by atomic mass is 16.3. The van der Waals surface area contributed by atoms with Crippen molar-refractivity contribution < 1.29 is 5.11 Å². The summed E-state index contributed by atoms with van der Waals surface area (Å²) in [5.41, 5.74) is 3.11. The Bertz CT molecular complexity index is 365. The molecule has 2 rings (SSSR count). The zero-order valence-electron chi connectivity index (χ0n) is 7.33. The number of nitrogens with zero attached hydrogens (tertiary/aromatic N) is 1. The largest absolute Gasteiger partial charge is 0.393 e. The Morgan fingerprint density at radius 3 is 3.00 bits per heavy atom. The summed E-state index contributed by atoms with van der Waals surface area (Å²) in [6, 6.07) is 7.84. The van der Waals surface area contributed by atoms with Gasteiger partial charge in [-0.1, -0.05) is 6.07 Å². The van der Waals surface area contributed by atoms with Gasteiger partial charge >= 0.3 is 0 Å². The minimum Gasteiger partial charge on any atom is -0.393 e. The van der Waals surface area contributed by atoms with Crippen LogP contribution in [0.1, 0.15) is 23.1 Å². The SMILES string of the molecule is N#Cc1ccc2c(c1)C[C@@H](O)CC2. The van der Waals surface area contributed by atoms with Crippen molar-refractivity contribution in [1.29, 1.82) is 5.26 Å². The summed E-state index contributed by atoms with van der Waals surface area (Å²) in [5.74, 6) is 0. The monoisotopic (exact) mass is 173 g/mol. The molecule has 0 fully saturated rings. The highest BCUT2D eigenvalue weighted by molar-refractivity contribution is 5.39. The molecule has 66 valence electrons. The molecule has 0 bridgehead atoms. The zero-order valence-corrected chi connectivity index (χ0v) is 7.33. The highest BCUT2D eigenvalue weighted by Crippen LogP contribution is 2.22. The topological polar surface area (TPSA) is 44.0 Å². The van der Waals surface area contributed by atoms with Gasteiger partial charge in [0.1, 0.15) is 0 Å². The number of fused-ring (bicyclic) bond motifs is 1. The standard InChI is InChI=1S/C11H11NO/c12-7-8-1-2-9-3-4-11(13)6-10(9)5-8/h1-2,5,11,13H,3-4,6H2/t11-/m0/s1. The van der Waals surface area contributed by atoms with E-state index in [4.69, 9.17) is 5.26 Å². The van der Waals surface area contributed by atoms with Gasteiger partial charge in [-0.3, -0.25) is 0 Å². The number of aliphatic hydroxyl groups is 1. The van der Waals surface area contributed by atoms with Crippen LogP contribution in [0, 0.1) is 11.3 Å². The molecule has 2 nitrogen and oxygen atoms in total. The first-order chi connectivity index (χ1) is 6.29. The molecular weight excluding hydrogens is 162 g/mol. The smallest absolute Gasteiger partial charge is 0.0991 e. The Morgan fingerprint density at radius 2 is 2.23 bits per heavy atom. The first kappa shape index (κ1) is 8.28. The van der Waals surface area contributed by atoms with Crippen LogP contribution in [0.15, 0.2) is 18.2 Å². The third kappa shape index (κ3) is 1.56. The molecule has 2 heteroatoms. The summed E-state index contributed by atoms with van der Waals surface area (Å²) >= 11 is 0.